The van der Waals surface area contributed by atoms with E-state index in [9.17, 15) is 4.79 Å². The molecule has 2 unspecified atom stereocenters. The predicted molar refractivity (Wildman–Crippen MR) is 40.6 cm³/mol. The number of rotatable bonds is 1. The molecular weight excluding hydrogens is 140 g/mol. The molecule has 0 N–H and O–H groups in total. The normalized spacial score (nSPS) is 26.8. The van der Waals surface area contributed by atoms with E-state index in [0.717, 1.165) is 6.42 Å². The number of carbonyl (C=O) groups is 1. The van der Waals surface area contributed by atoms with Gasteiger partial charge in [-0.05, 0) is 13.3 Å². The largest absolute Gasteiger partial charge is 0.341 e. The molecule has 0 aromatic carbocycles. The number of likely N-dealkylation sites (tertiary alicyclic amines) is 1. The van der Waals surface area contributed by atoms with E-state index in [1.54, 1.807) is 11.9 Å². The molecule has 1 fully saturated rings. The van der Waals surface area contributed by atoms with Crippen LogP contribution in [0.5, 0.6) is 0 Å². The minimum atomic E-state index is -0.0357. The zero-order chi connectivity index (χ0) is 8.43. The lowest BCUT2D eigenvalue weighted by molar-refractivity contribution is -0.127. The predicted octanol–water partition coefficient (Wildman–Crippen LogP) is 0.767. The summed E-state index contributed by atoms with van der Waals surface area (Å²) in [5.74, 6) is 0.128. The zero-order valence-electron chi connectivity index (χ0n) is 6.87. The summed E-state index contributed by atoms with van der Waals surface area (Å²) in [4.78, 5) is 12.7. The number of amides is 1. The minimum Gasteiger partial charge on any atom is -0.341 e. The Morgan fingerprint density at radius 2 is 2.45 bits per heavy atom. The highest BCUT2D eigenvalue weighted by Gasteiger charge is 2.31. The van der Waals surface area contributed by atoms with Crippen LogP contribution in [0.15, 0.2) is 0 Å². The van der Waals surface area contributed by atoms with E-state index < -0.39 is 0 Å². The summed E-state index contributed by atoms with van der Waals surface area (Å²) in [5, 5.41) is 8.61. The van der Waals surface area contributed by atoms with E-state index >= 15 is 0 Å². The quantitative estimate of drug-likeness (QED) is 0.557. The van der Waals surface area contributed by atoms with Crippen LogP contribution in [0, 0.1) is 17.2 Å². The summed E-state index contributed by atoms with van der Waals surface area (Å²) in [6.07, 6.45) is 1.44. The Kier molecular flexibility index (Phi) is 2.13. The van der Waals surface area contributed by atoms with Gasteiger partial charge in [0.05, 0.1) is 12.0 Å². The summed E-state index contributed by atoms with van der Waals surface area (Å²) >= 11 is 0. The van der Waals surface area contributed by atoms with E-state index in [0.29, 0.717) is 6.42 Å². The van der Waals surface area contributed by atoms with Crippen molar-refractivity contribution in [3.63, 3.8) is 0 Å². The molecule has 0 aromatic rings. The van der Waals surface area contributed by atoms with E-state index in [1.165, 1.54) is 0 Å². The number of nitrogens with zero attached hydrogens (tertiary/aromatic N) is 2. The lowest BCUT2D eigenvalue weighted by Crippen LogP contribution is -2.33. The third-order valence-electron chi connectivity index (χ3n) is 2.33. The fourth-order valence-corrected chi connectivity index (χ4v) is 1.50. The second-order valence-corrected chi connectivity index (χ2v) is 3.03. The Morgan fingerprint density at radius 1 is 1.82 bits per heavy atom. The van der Waals surface area contributed by atoms with Crippen molar-refractivity contribution >= 4 is 5.91 Å². The molecule has 1 aliphatic heterocycles. The van der Waals surface area contributed by atoms with Crippen molar-refractivity contribution in [2.24, 2.45) is 5.92 Å². The molecule has 0 saturated carbocycles. The Labute approximate surface area is 66.6 Å². The average molecular weight is 152 g/mol. The second kappa shape index (κ2) is 2.91. The molecule has 3 nitrogen and oxygen atoms in total. The fraction of sp³-hybridized carbons (Fsp3) is 0.750. The van der Waals surface area contributed by atoms with Gasteiger partial charge in [0.1, 0.15) is 0 Å². The summed E-state index contributed by atoms with van der Waals surface area (Å²) < 4.78 is 0. The molecule has 0 radical (unpaired) electrons. The van der Waals surface area contributed by atoms with Crippen LogP contribution >= 0.6 is 0 Å². The standard InChI is InChI=1S/C8H12N2O/c1-6(5-9)7-3-4-8(11)10(7)2/h6-7H,3-4H2,1-2H3. The van der Waals surface area contributed by atoms with E-state index in [-0.39, 0.29) is 17.9 Å². The smallest absolute Gasteiger partial charge is 0.222 e. The van der Waals surface area contributed by atoms with Gasteiger partial charge in [-0.2, -0.15) is 5.26 Å². The van der Waals surface area contributed by atoms with Gasteiger partial charge in [-0.1, -0.05) is 0 Å². The van der Waals surface area contributed by atoms with Gasteiger partial charge in [0.2, 0.25) is 5.91 Å². The second-order valence-electron chi connectivity index (χ2n) is 3.03. The van der Waals surface area contributed by atoms with Crippen molar-refractivity contribution in [2.75, 3.05) is 7.05 Å². The first-order chi connectivity index (χ1) is 5.16. The van der Waals surface area contributed by atoms with Crippen molar-refractivity contribution in [1.29, 1.82) is 5.26 Å². The van der Waals surface area contributed by atoms with Crippen LogP contribution in [0.25, 0.3) is 0 Å². The molecule has 3 heteroatoms. The van der Waals surface area contributed by atoms with Gasteiger partial charge < -0.3 is 4.90 Å². The molecule has 2 atom stereocenters. The van der Waals surface area contributed by atoms with E-state index in [2.05, 4.69) is 6.07 Å². The highest BCUT2D eigenvalue weighted by Crippen LogP contribution is 2.22. The molecule has 1 amide bonds. The molecule has 11 heavy (non-hydrogen) atoms. The first-order valence-electron chi connectivity index (χ1n) is 3.82. The molecule has 0 spiro atoms. The lowest BCUT2D eigenvalue weighted by Gasteiger charge is -2.21. The van der Waals surface area contributed by atoms with E-state index in [1.807, 2.05) is 6.92 Å². The van der Waals surface area contributed by atoms with Crippen molar-refractivity contribution in [3.8, 4) is 6.07 Å². The van der Waals surface area contributed by atoms with E-state index in [4.69, 9.17) is 5.26 Å². The van der Waals surface area contributed by atoms with Crippen LogP contribution in [0.3, 0.4) is 0 Å². The Balaban J connectivity index is 2.63. The fourth-order valence-electron chi connectivity index (χ4n) is 1.50. The van der Waals surface area contributed by atoms with Gasteiger partial charge in [0.15, 0.2) is 0 Å². The highest BCUT2D eigenvalue weighted by molar-refractivity contribution is 5.78. The summed E-state index contributed by atoms with van der Waals surface area (Å²) in [6, 6.07) is 2.31. The van der Waals surface area contributed by atoms with Gasteiger partial charge in [-0.3, -0.25) is 4.79 Å². The summed E-state index contributed by atoms with van der Waals surface area (Å²) in [7, 11) is 1.77. The Bertz CT molecular complexity index is 207. The molecule has 1 aliphatic rings. The maximum Gasteiger partial charge on any atom is 0.222 e. The monoisotopic (exact) mass is 152 g/mol. The maximum absolute atomic E-state index is 11.0. The van der Waals surface area contributed by atoms with Crippen molar-refractivity contribution < 1.29 is 4.79 Å². The van der Waals surface area contributed by atoms with Gasteiger partial charge in [0, 0.05) is 19.5 Å². The van der Waals surface area contributed by atoms with Crippen molar-refractivity contribution in [2.45, 2.75) is 25.8 Å². The molecule has 1 rings (SSSR count). The van der Waals surface area contributed by atoms with Crippen molar-refractivity contribution in [1.82, 2.24) is 4.90 Å². The van der Waals surface area contributed by atoms with Crippen LogP contribution < -0.4 is 0 Å². The molecule has 1 saturated heterocycles. The lowest BCUT2D eigenvalue weighted by atomic mass is 10.0. The topological polar surface area (TPSA) is 44.1 Å². The van der Waals surface area contributed by atoms with Crippen molar-refractivity contribution in [3.05, 3.63) is 0 Å². The highest BCUT2D eigenvalue weighted by atomic mass is 16.2. The number of nitriles is 1. The number of hydrogen-bond acceptors (Lipinski definition) is 2. The van der Waals surface area contributed by atoms with Crippen LogP contribution in [-0.4, -0.2) is 23.9 Å². The number of carbonyl (C=O) groups excluding carboxylic acids is 1. The van der Waals surface area contributed by atoms with Gasteiger partial charge in [-0.15, -0.1) is 0 Å². The Hall–Kier alpha value is -1.04. The molecular formula is C8H12N2O. The van der Waals surface area contributed by atoms with Gasteiger partial charge >= 0.3 is 0 Å². The third kappa shape index (κ3) is 1.35. The minimum absolute atomic E-state index is 0.0357. The van der Waals surface area contributed by atoms with Crippen LogP contribution in [0.4, 0.5) is 0 Å². The number of hydrogen-bond donors (Lipinski definition) is 0. The van der Waals surface area contributed by atoms with Crippen LogP contribution in [-0.2, 0) is 4.79 Å². The molecule has 0 bridgehead atoms. The summed E-state index contributed by atoms with van der Waals surface area (Å²) in [6.45, 7) is 1.86. The van der Waals surface area contributed by atoms with Crippen LogP contribution in [0.1, 0.15) is 19.8 Å². The summed E-state index contributed by atoms with van der Waals surface area (Å²) in [5.41, 5.74) is 0. The van der Waals surface area contributed by atoms with Crippen LogP contribution in [0.2, 0.25) is 0 Å². The molecule has 60 valence electrons. The SMILES string of the molecule is CC(C#N)C1CCC(=O)N1C. The third-order valence-corrected chi connectivity index (χ3v) is 2.33. The molecule has 1 heterocycles. The van der Waals surface area contributed by atoms with Gasteiger partial charge in [0.25, 0.3) is 0 Å². The molecule has 0 aliphatic carbocycles. The average Bonchev–Trinajstić information content (AvgIpc) is 2.32. The zero-order valence-corrected chi connectivity index (χ0v) is 6.87. The maximum atomic E-state index is 11.0. The molecule has 0 aromatic heterocycles. The first-order valence-corrected chi connectivity index (χ1v) is 3.82. The Morgan fingerprint density at radius 3 is 2.82 bits per heavy atom. The van der Waals surface area contributed by atoms with Gasteiger partial charge in [-0.25, -0.2) is 0 Å². The first kappa shape index (κ1) is 8.06.